The minimum Gasteiger partial charge on any atom is -0.0617 e. The lowest BCUT2D eigenvalue weighted by molar-refractivity contribution is 1.37. The van der Waals surface area contributed by atoms with Crippen LogP contribution in [0.15, 0.2) is 48.1 Å². The van der Waals surface area contributed by atoms with Crippen LogP contribution in [-0.2, 0) is 0 Å². The van der Waals surface area contributed by atoms with Gasteiger partial charge in [-0.3, -0.25) is 0 Å². The van der Waals surface area contributed by atoms with Crippen LogP contribution in [0, 0.1) is 13.8 Å². The highest BCUT2D eigenvalue weighted by Gasteiger charge is 1.95. The quantitative estimate of drug-likeness (QED) is 0.619. The van der Waals surface area contributed by atoms with Crippen LogP contribution in [0.1, 0.15) is 16.7 Å². The topological polar surface area (TPSA) is 0 Å². The lowest BCUT2D eigenvalue weighted by atomic mass is 10.1. The van der Waals surface area contributed by atoms with Crippen molar-refractivity contribution in [2.45, 2.75) is 13.8 Å². The molecule has 0 nitrogen and oxygen atoms in total. The van der Waals surface area contributed by atoms with E-state index < -0.39 is 0 Å². The Morgan fingerprint density at radius 2 is 1.43 bits per heavy atom. The molecule has 14 heavy (non-hydrogen) atoms. The summed E-state index contributed by atoms with van der Waals surface area (Å²) in [7, 11) is 0. The summed E-state index contributed by atoms with van der Waals surface area (Å²) in [5.41, 5.74) is 5.20. The molecule has 1 aromatic rings. The van der Waals surface area contributed by atoms with E-state index in [1.165, 1.54) is 22.3 Å². The van der Waals surface area contributed by atoms with Gasteiger partial charge in [0, 0.05) is 0 Å². The summed E-state index contributed by atoms with van der Waals surface area (Å²) < 4.78 is 0. The summed E-state index contributed by atoms with van der Waals surface area (Å²) >= 11 is 0. The van der Waals surface area contributed by atoms with Crippen molar-refractivity contribution in [1.29, 1.82) is 0 Å². The molecule has 0 fully saturated rings. The third-order valence-electron chi connectivity index (χ3n) is 2.27. The van der Waals surface area contributed by atoms with E-state index >= 15 is 0 Å². The van der Waals surface area contributed by atoms with Crippen LogP contribution >= 0.6 is 0 Å². The first-order chi connectivity index (χ1) is 6.74. The molecule has 1 aliphatic rings. The molecule has 0 amide bonds. The van der Waals surface area contributed by atoms with Gasteiger partial charge >= 0.3 is 0 Å². The zero-order chi connectivity index (χ0) is 9.97. The van der Waals surface area contributed by atoms with E-state index in [-0.39, 0.29) is 0 Å². The molecule has 0 unspecified atom stereocenters. The number of rotatable bonds is 1. The van der Waals surface area contributed by atoms with Crippen LogP contribution in [0.25, 0.3) is 6.08 Å². The summed E-state index contributed by atoms with van der Waals surface area (Å²) in [6, 6.07) is 6.61. The predicted octanol–water partition coefficient (Wildman–Crippen LogP) is 3.81. The van der Waals surface area contributed by atoms with E-state index in [9.17, 15) is 0 Å². The van der Waals surface area contributed by atoms with Gasteiger partial charge in [0.15, 0.2) is 0 Å². The average molecular weight is 182 g/mol. The number of hydrogen-bond acceptors (Lipinski definition) is 0. The van der Waals surface area contributed by atoms with E-state index in [0.29, 0.717) is 0 Å². The smallest absolute Gasteiger partial charge is 0.0245 e. The Hall–Kier alpha value is -1.56. The maximum atomic E-state index is 2.21. The van der Waals surface area contributed by atoms with E-state index in [4.69, 9.17) is 0 Å². The highest BCUT2D eigenvalue weighted by Crippen LogP contribution is 2.16. The lowest BCUT2D eigenvalue weighted by Gasteiger charge is -2.00. The van der Waals surface area contributed by atoms with Crippen molar-refractivity contribution in [2.75, 3.05) is 0 Å². The zero-order valence-corrected chi connectivity index (χ0v) is 8.62. The monoisotopic (exact) mass is 182 g/mol. The van der Waals surface area contributed by atoms with Crippen molar-refractivity contribution in [1.82, 2.24) is 0 Å². The van der Waals surface area contributed by atoms with Crippen molar-refractivity contribution in [2.24, 2.45) is 0 Å². The molecule has 0 heterocycles. The van der Waals surface area contributed by atoms with Crippen LogP contribution in [-0.4, -0.2) is 0 Å². The Morgan fingerprint density at radius 1 is 0.857 bits per heavy atom. The highest BCUT2D eigenvalue weighted by atomic mass is 14.0. The molecule has 0 N–H and O–H groups in total. The number of aryl methyl sites for hydroxylation is 2. The van der Waals surface area contributed by atoms with Crippen LogP contribution < -0.4 is 0 Å². The minimum atomic E-state index is 1.27. The van der Waals surface area contributed by atoms with Gasteiger partial charge in [-0.2, -0.15) is 0 Å². The molecule has 0 radical (unpaired) electrons. The van der Waals surface area contributed by atoms with Crippen molar-refractivity contribution in [3.05, 3.63) is 64.8 Å². The van der Waals surface area contributed by atoms with Gasteiger partial charge in [-0.25, -0.2) is 0 Å². The SMILES string of the molecule is Cc1cc(C)cc(C=C2C=CC=C2)c1. The van der Waals surface area contributed by atoms with Crippen molar-refractivity contribution < 1.29 is 0 Å². The second-order valence-electron chi connectivity index (χ2n) is 3.78. The molecule has 0 bridgehead atoms. The van der Waals surface area contributed by atoms with E-state index in [1.807, 2.05) is 0 Å². The largest absolute Gasteiger partial charge is 0.0617 e. The first-order valence-electron chi connectivity index (χ1n) is 4.89. The second kappa shape index (κ2) is 3.67. The molecule has 0 heteroatoms. The molecule has 0 saturated heterocycles. The molecular formula is C14H14. The van der Waals surface area contributed by atoms with E-state index in [1.54, 1.807) is 0 Å². The predicted molar refractivity (Wildman–Crippen MR) is 62.2 cm³/mol. The fraction of sp³-hybridized carbons (Fsp3) is 0.143. The van der Waals surface area contributed by atoms with E-state index in [2.05, 4.69) is 62.4 Å². The lowest BCUT2D eigenvalue weighted by Crippen LogP contribution is -1.80. The molecule has 70 valence electrons. The second-order valence-corrected chi connectivity index (χ2v) is 3.78. The Bertz CT molecular complexity index is 397. The van der Waals surface area contributed by atoms with Crippen LogP contribution in [0.4, 0.5) is 0 Å². The standard InChI is InChI=1S/C14H14/c1-11-7-12(2)9-14(8-11)10-13-5-3-4-6-13/h3-10H,1-2H3. The molecule has 0 atom stereocenters. The Balaban J connectivity index is 2.37. The van der Waals surface area contributed by atoms with Crippen molar-refractivity contribution in [3.63, 3.8) is 0 Å². The first-order valence-corrected chi connectivity index (χ1v) is 4.89. The zero-order valence-electron chi connectivity index (χ0n) is 8.62. The van der Waals surface area contributed by atoms with Gasteiger partial charge in [-0.1, -0.05) is 53.6 Å². The fourth-order valence-electron chi connectivity index (χ4n) is 1.77. The van der Waals surface area contributed by atoms with Gasteiger partial charge in [0.2, 0.25) is 0 Å². The summed E-state index contributed by atoms with van der Waals surface area (Å²) in [5, 5.41) is 0. The third kappa shape index (κ3) is 2.02. The molecule has 0 saturated carbocycles. The van der Waals surface area contributed by atoms with Crippen molar-refractivity contribution in [3.8, 4) is 0 Å². The van der Waals surface area contributed by atoms with E-state index in [0.717, 1.165) is 0 Å². The van der Waals surface area contributed by atoms with Crippen molar-refractivity contribution >= 4 is 6.08 Å². The van der Waals surface area contributed by atoms with Gasteiger partial charge in [0.05, 0.1) is 0 Å². The number of hydrogen-bond donors (Lipinski definition) is 0. The molecule has 0 aromatic heterocycles. The van der Waals surface area contributed by atoms with Gasteiger partial charge < -0.3 is 0 Å². The summed E-state index contributed by atoms with van der Waals surface area (Å²) in [6.07, 6.45) is 10.6. The summed E-state index contributed by atoms with van der Waals surface area (Å²) in [6.45, 7) is 4.27. The molecule has 0 aliphatic heterocycles. The summed E-state index contributed by atoms with van der Waals surface area (Å²) in [5.74, 6) is 0. The van der Waals surface area contributed by atoms with Gasteiger partial charge in [0.1, 0.15) is 0 Å². The molecule has 1 aliphatic carbocycles. The summed E-state index contributed by atoms with van der Waals surface area (Å²) in [4.78, 5) is 0. The maximum absolute atomic E-state index is 2.21. The normalized spacial score (nSPS) is 13.7. The Kier molecular flexibility index (Phi) is 2.36. The molecular weight excluding hydrogens is 168 g/mol. The van der Waals surface area contributed by atoms with Gasteiger partial charge in [0.25, 0.3) is 0 Å². The fourth-order valence-corrected chi connectivity index (χ4v) is 1.77. The average Bonchev–Trinajstić information content (AvgIpc) is 2.54. The van der Waals surface area contributed by atoms with Crippen LogP contribution in [0.3, 0.4) is 0 Å². The Labute approximate surface area is 85.3 Å². The maximum Gasteiger partial charge on any atom is -0.0245 e. The molecule has 2 rings (SSSR count). The number of benzene rings is 1. The molecule has 1 aromatic carbocycles. The Morgan fingerprint density at radius 3 is 2.00 bits per heavy atom. The first kappa shape index (κ1) is 9.01. The minimum absolute atomic E-state index is 1.27. The van der Waals surface area contributed by atoms with Gasteiger partial charge in [-0.05, 0) is 31.1 Å². The van der Waals surface area contributed by atoms with Crippen LogP contribution in [0.5, 0.6) is 0 Å². The number of allylic oxidation sites excluding steroid dienone is 5. The highest BCUT2D eigenvalue weighted by molar-refractivity contribution is 5.62. The third-order valence-corrected chi connectivity index (χ3v) is 2.27. The van der Waals surface area contributed by atoms with Crippen LogP contribution in [0.2, 0.25) is 0 Å². The molecule has 0 spiro atoms. The van der Waals surface area contributed by atoms with Gasteiger partial charge in [-0.15, -0.1) is 0 Å².